The lowest BCUT2D eigenvalue weighted by Gasteiger charge is -2.45. The lowest BCUT2D eigenvalue weighted by atomic mass is 9.75. The Bertz CT molecular complexity index is 1060. The van der Waals surface area contributed by atoms with Gasteiger partial charge >= 0.3 is 6.36 Å². The average molecular weight is 507 g/mol. The molecule has 0 bridgehead atoms. The number of carbonyl (C=O) groups excluding carboxylic acids is 3. The van der Waals surface area contributed by atoms with Gasteiger partial charge in [0.1, 0.15) is 11.3 Å². The summed E-state index contributed by atoms with van der Waals surface area (Å²) in [7, 11) is 0. The minimum absolute atomic E-state index is 0.0000860. The van der Waals surface area contributed by atoms with Crippen molar-refractivity contribution in [2.75, 3.05) is 13.1 Å². The maximum Gasteiger partial charge on any atom is 0.573 e. The molecule has 0 aromatic heterocycles. The van der Waals surface area contributed by atoms with E-state index in [4.69, 9.17) is 5.26 Å². The summed E-state index contributed by atoms with van der Waals surface area (Å²) >= 11 is 0. The van der Waals surface area contributed by atoms with Crippen LogP contribution < -0.4 is 15.4 Å². The molecule has 11 heteroatoms. The van der Waals surface area contributed by atoms with Crippen molar-refractivity contribution in [3.8, 4) is 11.8 Å². The number of piperidine rings is 1. The van der Waals surface area contributed by atoms with Crippen LogP contribution in [0.5, 0.6) is 5.75 Å². The molecule has 8 nitrogen and oxygen atoms in total. The Labute approximate surface area is 207 Å². The quantitative estimate of drug-likeness (QED) is 0.563. The van der Waals surface area contributed by atoms with Gasteiger partial charge in [0.25, 0.3) is 0 Å². The van der Waals surface area contributed by atoms with E-state index in [1.54, 1.807) is 11.0 Å². The van der Waals surface area contributed by atoms with Crippen molar-refractivity contribution in [1.29, 1.82) is 5.26 Å². The first kappa shape index (κ1) is 25.8. The van der Waals surface area contributed by atoms with Crippen LogP contribution in [0.3, 0.4) is 0 Å². The van der Waals surface area contributed by atoms with Crippen LogP contribution in [-0.4, -0.2) is 47.6 Å². The van der Waals surface area contributed by atoms with Gasteiger partial charge in [-0.15, -0.1) is 13.2 Å². The van der Waals surface area contributed by atoms with Gasteiger partial charge in [-0.05, 0) is 63.0 Å². The first-order valence-electron chi connectivity index (χ1n) is 12.3. The molecule has 0 spiro atoms. The zero-order chi connectivity index (χ0) is 25.9. The van der Waals surface area contributed by atoms with Crippen molar-refractivity contribution < 1.29 is 32.3 Å². The monoisotopic (exact) mass is 506 g/mol. The van der Waals surface area contributed by atoms with Crippen LogP contribution in [0.15, 0.2) is 18.2 Å². The van der Waals surface area contributed by atoms with Crippen LogP contribution in [-0.2, 0) is 20.9 Å². The van der Waals surface area contributed by atoms with E-state index in [1.165, 1.54) is 12.1 Å². The smallest absolute Gasteiger partial charge is 0.405 e. The molecule has 3 aliphatic rings. The third-order valence-corrected chi connectivity index (χ3v) is 7.12. The summed E-state index contributed by atoms with van der Waals surface area (Å²) in [6.07, 6.45) is 0.739. The summed E-state index contributed by atoms with van der Waals surface area (Å²) in [6, 6.07) is 5.39. The maximum absolute atomic E-state index is 13.4. The van der Waals surface area contributed by atoms with E-state index in [0.29, 0.717) is 44.6 Å². The number of alkyl halides is 3. The number of amides is 3. The molecule has 1 aliphatic heterocycles. The van der Waals surface area contributed by atoms with Crippen molar-refractivity contribution in [3.63, 3.8) is 0 Å². The standard InChI is InChI=1S/C25H29F3N4O4/c26-25(27,28)36-20-11-17(13-29)6-7-18(20)14-30-22(34)19-3-1-10-32(15-19)23(35)24(8-2-9-24)31-21(33)12-16-4-5-16/h6-7,11,16,19H,1-5,8-10,12,14-15H2,(H,30,34)(H,31,33). The number of halogens is 3. The Hall–Kier alpha value is -3.29. The first-order chi connectivity index (χ1) is 17.1. The number of benzene rings is 1. The second-order valence-electron chi connectivity index (χ2n) is 9.92. The van der Waals surface area contributed by atoms with Crippen LogP contribution in [0.4, 0.5) is 13.2 Å². The molecule has 36 heavy (non-hydrogen) atoms. The molecule has 1 saturated heterocycles. The van der Waals surface area contributed by atoms with Crippen molar-refractivity contribution >= 4 is 17.7 Å². The summed E-state index contributed by atoms with van der Waals surface area (Å²) in [5.74, 6) is -1.29. The Morgan fingerprint density at radius 1 is 1.17 bits per heavy atom. The van der Waals surface area contributed by atoms with Gasteiger partial charge in [-0.2, -0.15) is 5.26 Å². The molecule has 0 radical (unpaired) electrons. The average Bonchev–Trinajstić information content (AvgIpc) is 3.62. The summed E-state index contributed by atoms with van der Waals surface area (Å²) in [6.45, 7) is 0.452. The van der Waals surface area contributed by atoms with Crippen molar-refractivity contribution in [2.45, 2.75) is 69.8 Å². The molecule has 2 aliphatic carbocycles. The number of nitrogens with one attached hydrogen (secondary N) is 2. The highest BCUT2D eigenvalue weighted by molar-refractivity contribution is 5.93. The molecular weight excluding hydrogens is 477 g/mol. The second-order valence-corrected chi connectivity index (χ2v) is 9.92. The zero-order valence-electron chi connectivity index (χ0n) is 19.8. The number of rotatable bonds is 8. The van der Waals surface area contributed by atoms with E-state index in [0.717, 1.165) is 25.3 Å². The molecule has 1 atom stereocenters. The highest BCUT2D eigenvalue weighted by Crippen LogP contribution is 2.37. The summed E-state index contributed by atoms with van der Waals surface area (Å²) in [5, 5.41) is 14.6. The van der Waals surface area contributed by atoms with Crippen LogP contribution in [0.1, 0.15) is 62.5 Å². The molecule has 4 rings (SSSR count). The molecular formula is C25H29F3N4O4. The molecule has 3 amide bonds. The molecule has 1 aromatic carbocycles. The molecule has 2 saturated carbocycles. The van der Waals surface area contributed by atoms with Gasteiger partial charge in [0.05, 0.1) is 17.6 Å². The van der Waals surface area contributed by atoms with E-state index in [9.17, 15) is 27.6 Å². The van der Waals surface area contributed by atoms with Crippen molar-refractivity contribution in [2.24, 2.45) is 11.8 Å². The van der Waals surface area contributed by atoms with Crippen LogP contribution >= 0.6 is 0 Å². The van der Waals surface area contributed by atoms with E-state index in [1.807, 2.05) is 0 Å². The first-order valence-corrected chi connectivity index (χ1v) is 12.3. The highest BCUT2D eigenvalue weighted by Gasteiger charge is 2.48. The summed E-state index contributed by atoms with van der Waals surface area (Å²) in [5.41, 5.74) is -0.813. The van der Waals surface area contributed by atoms with Crippen LogP contribution in [0.2, 0.25) is 0 Å². The van der Waals surface area contributed by atoms with Gasteiger partial charge in [0.15, 0.2) is 0 Å². The summed E-state index contributed by atoms with van der Waals surface area (Å²) in [4.78, 5) is 40.2. The zero-order valence-corrected chi connectivity index (χ0v) is 19.8. The maximum atomic E-state index is 13.4. The van der Waals surface area contributed by atoms with E-state index >= 15 is 0 Å². The fourth-order valence-electron chi connectivity index (χ4n) is 4.82. The van der Waals surface area contributed by atoms with Crippen molar-refractivity contribution in [3.05, 3.63) is 29.3 Å². The molecule has 2 N–H and O–H groups in total. The van der Waals surface area contributed by atoms with E-state index < -0.39 is 23.6 Å². The van der Waals surface area contributed by atoms with Gasteiger partial charge < -0.3 is 20.3 Å². The van der Waals surface area contributed by atoms with Crippen LogP contribution in [0.25, 0.3) is 0 Å². The number of carbonyl (C=O) groups is 3. The molecule has 3 fully saturated rings. The Balaban J connectivity index is 1.36. The van der Waals surface area contributed by atoms with Gasteiger partial charge in [0, 0.05) is 31.6 Å². The van der Waals surface area contributed by atoms with Crippen LogP contribution in [0, 0.1) is 23.2 Å². The van der Waals surface area contributed by atoms with E-state index in [-0.39, 0.29) is 41.9 Å². The van der Waals surface area contributed by atoms with Gasteiger partial charge in [0.2, 0.25) is 17.7 Å². The minimum atomic E-state index is -4.94. The fourth-order valence-corrected chi connectivity index (χ4v) is 4.82. The molecule has 1 heterocycles. The van der Waals surface area contributed by atoms with Gasteiger partial charge in [-0.25, -0.2) is 0 Å². The number of nitriles is 1. The third-order valence-electron chi connectivity index (χ3n) is 7.12. The molecule has 1 unspecified atom stereocenters. The predicted octanol–water partition coefficient (Wildman–Crippen LogP) is 3.15. The SMILES string of the molecule is N#Cc1ccc(CNC(=O)C2CCCN(C(=O)C3(NC(=O)CC4CC4)CCC3)C2)c(OC(F)(F)F)c1. The fraction of sp³-hybridized carbons (Fsp3) is 0.600. The van der Waals surface area contributed by atoms with Gasteiger partial charge in [-0.1, -0.05) is 6.07 Å². The number of likely N-dealkylation sites (tertiary alicyclic amines) is 1. The number of hydrogen-bond acceptors (Lipinski definition) is 5. The highest BCUT2D eigenvalue weighted by atomic mass is 19.4. The third kappa shape index (κ3) is 6.28. The molecule has 1 aromatic rings. The Kier molecular flexibility index (Phi) is 7.43. The second kappa shape index (κ2) is 10.4. The lowest BCUT2D eigenvalue weighted by Crippen LogP contribution is -2.64. The Morgan fingerprint density at radius 2 is 1.92 bits per heavy atom. The molecule has 194 valence electrons. The van der Waals surface area contributed by atoms with E-state index in [2.05, 4.69) is 15.4 Å². The topological polar surface area (TPSA) is 112 Å². The minimum Gasteiger partial charge on any atom is -0.405 e. The lowest BCUT2D eigenvalue weighted by molar-refractivity contribution is -0.274. The van der Waals surface area contributed by atoms with Gasteiger partial charge in [-0.3, -0.25) is 14.4 Å². The number of hydrogen-bond donors (Lipinski definition) is 2. The largest absolute Gasteiger partial charge is 0.573 e. The number of ether oxygens (including phenoxy) is 1. The van der Waals surface area contributed by atoms with Crippen molar-refractivity contribution in [1.82, 2.24) is 15.5 Å². The predicted molar refractivity (Wildman–Crippen MR) is 121 cm³/mol. The number of nitrogens with zero attached hydrogens (tertiary/aromatic N) is 2. The normalized spacial score (nSPS) is 21.1. The summed E-state index contributed by atoms with van der Waals surface area (Å²) < 4.78 is 42.4. The Morgan fingerprint density at radius 3 is 2.53 bits per heavy atom.